The van der Waals surface area contributed by atoms with Gasteiger partial charge in [-0.1, -0.05) is 103 Å². The van der Waals surface area contributed by atoms with E-state index in [4.69, 9.17) is 39.5 Å². The predicted molar refractivity (Wildman–Crippen MR) is 193 cm³/mol. The fourth-order valence-corrected chi connectivity index (χ4v) is 7.07. The van der Waals surface area contributed by atoms with Crippen molar-refractivity contribution in [3.8, 4) is 5.75 Å². The number of sulfonamides is 1. The van der Waals surface area contributed by atoms with Crippen molar-refractivity contribution in [1.82, 2.24) is 10.2 Å². The maximum absolute atomic E-state index is 14.7. The molecule has 0 bridgehead atoms. The summed E-state index contributed by atoms with van der Waals surface area (Å²) in [6, 6.07) is 23.9. The van der Waals surface area contributed by atoms with Gasteiger partial charge in [0.05, 0.1) is 17.7 Å². The first-order valence-electron chi connectivity index (χ1n) is 15.3. The van der Waals surface area contributed by atoms with E-state index >= 15 is 0 Å². The Morgan fingerprint density at radius 1 is 0.875 bits per heavy atom. The molecular formula is C36H38Cl3N3O5S. The normalized spacial score (nSPS) is 12.0. The molecule has 0 saturated heterocycles. The predicted octanol–water partition coefficient (Wildman–Crippen LogP) is 7.57. The van der Waals surface area contributed by atoms with Crippen molar-refractivity contribution in [2.45, 2.75) is 44.7 Å². The highest BCUT2D eigenvalue weighted by Gasteiger charge is 2.36. The summed E-state index contributed by atoms with van der Waals surface area (Å²) >= 11 is 19.1. The van der Waals surface area contributed by atoms with Crippen LogP contribution in [-0.2, 0) is 32.6 Å². The third kappa shape index (κ3) is 9.44. The van der Waals surface area contributed by atoms with Crippen molar-refractivity contribution in [1.29, 1.82) is 0 Å². The lowest BCUT2D eigenvalue weighted by molar-refractivity contribution is -0.140. The molecule has 1 unspecified atom stereocenters. The van der Waals surface area contributed by atoms with Crippen LogP contribution in [0.3, 0.4) is 0 Å². The first-order valence-corrected chi connectivity index (χ1v) is 17.9. The Hall–Kier alpha value is -3.76. The SMILES string of the molecule is COc1ccc(Cl)cc1N(CC(=O)N(Cc1ccc(Cl)cc1Cl)C(Cc1ccccc1)C(=O)NCC(C)C)S(=O)(=O)c1ccc(C)cc1. The molecule has 0 fully saturated rings. The molecule has 0 saturated carbocycles. The van der Waals surface area contributed by atoms with E-state index in [0.717, 1.165) is 15.4 Å². The number of methoxy groups -OCH3 is 1. The summed E-state index contributed by atoms with van der Waals surface area (Å²) in [7, 11) is -2.96. The zero-order valence-electron chi connectivity index (χ0n) is 27.1. The van der Waals surface area contributed by atoms with E-state index in [1.165, 1.54) is 36.3 Å². The summed E-state index contributed by atoms with van der Waals surface area (Å²) in [5.74, 6) is -0.712. The molecule has 0 radical (unpaired) electrons. The second-order valence-corrected chi connectivity index (χ2v) is 14.9. The molecule has 0 heterocycles. The molecule has 8 nitrogen and oxygen atoms in total. The number of ether oxygens (including phenoxy) is 1. The Morgan fingerprint density at radius 2 is 1.52 bits per heavy atom. The molecule has 4 rings (SSSR count). The molecule has 0 aliphatic rings. The lowest BCUT2D eigenvalue weighted by Crippen LogP contribution is -2.53. The Kier molecular flexibility index (Phi) is 12.8. The number of aryl methyl sites for hydroxylation is 1. The topological polar surface area (TPSA) is 96.0 Å². The van der Waals surface area contributed by atoms with Crippen LogP contribution < -0.4 is 14.4 Å². The lowest BCUT2D eigenvalue weighted by Gasteiger charge is -2.34. The monoisotopic (exact) mass is 729 g/mol. The zero-order chi connectivity index (χ0) is 35.0. The molecule has 2 amide bonds. The van der Waals surface area contributed by atoms with Crippen molar-refractivity contribution >= 4 is 62.3 Å². The van der Waals surface area contributed by atoms with E-state index in [1.807, 2.05) is 51.1 Å². The molecule has 1 N–H and O–H groups in total. The molecule has 48 heavy (non-hydrogen) atoms. The lowest BCUT2D eigenvalue weighted by atomic mass is 10.0. The van der Waals surface area contributed by atoms with Crippen molar-refractivity contribution in [3.05, 3.63) is 123 Å². The minimum Gasteiger partial charge on any atom is -0.495 e. The van der Waals surface area contributed by atoms with Gasteiger partial charge in [0.25, 0.3) is 10.0 Å². The molecule has 0 aliphatic heterocycles. The fraction of sp³-hybridized carbons (Fsp3) is 0.278. The van der Waals surface area contributed by atoms with Crippen molar-refractivity contribution < 1.29 is 22.7 Å². The van der Waals surface area contributed by atoms with Crippen LogP contribution in [0.5, 0.6) is 5.75 Å². The number of hydrogen-bond acceptors (Lipinski definition) is 5. The van der Waals surface area contributed by atoms with Crippen LogP contribution in [0.2, 0.25) is 15.1 Å². The Labute approximate surface area is 297 Å². The van der Waals surface area contributed by atoms with E-state index < -0.39 is 28.5 Å². The van der Waals surface area contributed by atoms with Crippen molar-refractivity contribution in [3.63, 3.8) is 0 Å². The number of amides is 2. The molecule has 0 spiro atoms. The van der Waals surface area contributed by atoms with Crippen LogP contribution in [0.1, 0.15) is 30.5 Å². The fourth-order valence-electron chi connectivity index (χ4n) is 5.02. The average Bonchev–Trinajstić information content (AvgIpc) is 3.05. The number of hydrogen-bond donors (Lipinski definition) is 1. The van der Waals surface area contributed by atoms with E-state index in [2.05, 4.69) is 5.32 Å². The number of rotatable bonds is 14. The summed E-state index contributed by atoms with van der Waals surface area (Å²) in [4.78, 5) is 30.0. The van der Waals surface area contributed by atoms with Crippen LogP contribution in [0.25, 0.3) is 0 Å². The molecular weight excluding hydrogens is 693 g/mol. The van der Waals surface area contributed by atoms with Gasteiger partial charge in [0.2, 0.25) is 11.8 Å². The summed E-state index contributed by atoms with van der Waals surface area (Å²) in [5, 5.41) is 3.90. The van der Waals surface area contributed by atoms with Gasteiger partial charge in [0.1, 0.15) is 18.3 Å². The summed E-state index contributed by atoms with van der Waals surface area (Å²) in [6.07, 6.45) is 0.160. The molecule has 4 aromatic carbocycles. The van der Waals surface area contributed by atoms with Crippen LogP contribution >= 0.6 is 34.8 Å². The van der Waals surface area contributed by atoms with Gasteiger partial charge in [0.15, 0.2) is 0 Å². The van der Waals surface area contributed by atoms with Crippen LogP contribution in [0, 0.1) is 12.8 Å². The molecule has 0 aliphatic carbocycles. The molecule has 4 aromatic rings. The standard InChI is InChI=1S/C36H38Cl3N3O5S/c1-24(2)21-40-36(44)33(18-26-8-6-5-7-9-26)41(22-27-12-13-28(37)19-31(27)39)35(43)23-42(32-20-29(38)14-17-34(32)47-4)48(45,46)30-15-10-25(3)11-16-30/h5-17,19-20,24,33H,18,21-23H2,1-4H3,(H,40,44). The minimum atomic E-state index is -4.36. The van der Waals surface area contributed by atoms with Gasteiger partial charge in [-0.05, 0) is 66.4 Å². The van der Waals surface area contributed by atoms with Gasteiger partial charge in [-0.25, -0.2) is 8.42 Å². The summed E-state index contributed by atoms with van der Waals surface area (Å²) < 4.78 is 35.2. The molecule has 0 aromatic heterocycles. The van der Waals surface area contributed by atoms with Crippen LogP contribution in [0.4, 0.5) is 5.69 Å². The smallest absolute Gasteiger partial charge is 0.264 e. The largest absolute Gasteiger partial charge is 0.495 e. The highest BCUT2D eigenvalue weighted by atomic mass is 35.5. The number of halogens is 3. The first kappa shape index (κ1) is 37.1. The van der Waals surface area contributed by atoms with Gasteiger partial charge >= 0.3 is 0 Å². The van der Waals surface area contributed by atoms with Gasteiger partial charge in [-0.3, -0.25) is 13.9 Å². The van der Waals surface area contributed by atoms with Crippen molar-refractivity contribution in [2.75, 3.05) is 24.5 Å². The quantitative estimate of drug-likeness (QED) is 0.144. The highest BCUT2D eigenvalue weighted by Crippen LogP contribution is 2.35. The number of nitrogens with zero attached hydrogens (tertiary/aromatic N) is 2. The Balaban J connectivity index is 1.87. The molecule has 12 heteroatoms. The Morgan fingerprint density at radius 3 is 2.15 bits per heavy atom. The first-order chi connectivity index (χ1) is 22.8. The molecule has 1 atom stereocenters. The number of carbonyl (C=O) groups is 2. The van der Waals surface area contributed by atoms with Gasteiger partial charge in [-0.2, -0.15) is 0 Å². The number of benzene rings is 4. The third-order valence-corrected chi connectivity index (χ3v) is 10.2. The second-order valence-electron chi connectivity index (χ2n) is 11.7. The maximum Gasteiger partial charge on any atom is 0.264 e. The second kappa shape index (κ2) is 16.6. The Bertz CT molecular complexity index is 1840. The third-order valence-electron chi connectivity index (χ3n) is 7.61. The van der Waals surface area contributed by atoms with Gasteiger partial charge in [0, 0.05) is 34.6 Å². The number of nitrogens with one attached hydrogen (secondary N) is 1. The number of carbonyl (C=O) groups excluding carboxylic acids is 2. The van der Waals surface area contributed by atoms with Crippen LogP contribution in [0.15, 0.2) is 95.9 Å². The number of anilines is 1. The van der Waals surface area contributed by atoms with Crippen LogP contribution in [-0.4, -0.2) is 51.4 Å². The summed E-state index contributed by atoms with van der Waals surface area (Å²) in [6.45, 7) is 5.37. The van der Waals surface area contributed by atoms with E-state index in [9.17, 15) is 18.0 Å². The van der Waals surface area contributed by atoms with E-state index in [-0.39, 0.29) is 46.1 Å². The van der Waals surface area contributed by atoms with Gasteiger partial charge in [-0.15, -0.1) is 0 Å². The van der Waals surface area contributed by atoms with Gasteiger partial charge < -0.3 is 15.0 Å². The highest BCUT2D eigenvalue weighted by molar-refractivity contribution is 7.92. The van der Waals surface area contributed by atoms with E-state index in [1.54, 1.807) is 36.4 Å². The zero-order valence-corrected chi connectivity index (χ0v) is 30.2. The van der Waals surface area contributed by atoms with E-state index in [0.29, 0.717) is 22.2 Å². The minimum absolute atomic E-state index is 0.0364. The van der Waals surface area contributed by atoms with Crippen molar-refractivity contribution in [2.24, 2.45) is 5.92 Å². The summed E-state index contributed by atoms with van der Waals surface area (Å²) in [5.41, 5.74) is 2.26. The molecule has 254 valence electrons. The maximum atomic E-state index is 14.7. The average molecular weight is 731 g/mol.